The Hall–Kier alpha value is -3.32. The Morgan fingerprint density at radius 1 is 1.10 bits per heavy atom. The van der Waals surface area contributed by atoms with E-state index in [4.69, 9.17) is 14.2 Å². The van der Waals surface area contributed by atoms with Gasteiger partial charge in [0.2, 0.25) is 0 Å². The van der Waals surface area contributed by atoms with Gasteiger partial charge in [0.1, 0.15) is 5.76 Å². The number of likely N-dealkylation sites (tertiary alicyclic amines) is 1. The molecule has 1 amide bonds. The molecule has 0 bridgehead atoms. The second-order valence-corrected chi connectivity index (χ2v) is 7.57. The Kier molecular flexibility index (Phi) is 5.95. The average Bonchev–Trinajstić information content (AvgIpc) is 3.41. The zero-order valence-electron chi connectivity index (χ0n) is 17.5. The number of amides is 1. The van der Waals surface area contributed by atoms with Crippen LogP contribution in [0.3, 0.4) is 0 Å². The van der Waals surface area contributed by atoms with E-state index < -0.39 is 17.7 Å². The maximum absolute atomic E-state index is 13.1. The van der Waals surface area contributed by atoms with E-state index in [1.54, 1.807) is 42.5 Å². The normalized spacial score (nSPS) is 22.7. The van der Waals surface area contributed by atoms with E-state index in [0.717, 1.165) is 12.8 Å². The van der Waals surface area contributed by atoms with Crippen molar-refractivity contribution in [1.29, 1.82) is 0 Å². The minimum Gasteiger partial charge on any atom is -0.507 e. The summed E-state index contributed by atoms with van der Waals surface area (Å²) < 4.78 is 16.5. The molecule has 2 heterocycles. The molecule has 2 aromatic carbocycles. The number of hydrogen-bond acceptors (Lipinski definition) is 6. The number of carbonyl (C=O) groups is 2. The molecule has 2 aromatic rings. The second-order valence-electron chi connectivity index (χ2n) is 7.57. The second kappa shape index (κ2) is 8.81. The van der Waals surface area contributed by atoms with Gasteiger partial charge in [-0.05, 0) is 30.5 Å². The van der Waals surface area contributed by atoms with E-state index >= 15 is 0 Å². The van der Waals surface area contributed by atoms with Crippen LogP contribution in [0.1, 0.15) is 30.0 Å². The van der Waals surface area contributed by atoms with Crippen molar-refractivity contribution < 1.29 is 28.9 Å². The average molecular weight is 423 g/mol. The number of ketones is 1. The molecule has 7 heteroatoms. The predicted molar refractivity (Wildman–Crippen MR) is 114 cm³/mol. The molecule has 0 aliphatic carbocycles. The van der Waals surface area contributed by atoms with Crippen LogP contribution < -0.4 is 9.47 Å². The highest BCUT2D eigenvalue weighted by molar-refractivity contribution is 6.46. The van der Waals surface area contributed by atoms with E-state index in [9.17, 15) is 14.7 Å². The van der Waals surface area contributed by atoms with E-state index in [1.807, 2.05) is 6.07 Å². The van der Waals surface area contributed by atoms with Crippen LogP contribution in [0.25, 0.3) is 5.76 Å². The molecular weight excluding hydrogens is 398 g/mol. The van der Waals surface area contributed by atoms with E-state index in [1.165, 1.54) is 19.1 Å². The first-order valence-corrected chi connectivity index (χ1v) is 10.2. The molecule has 2 atom stereocenters. The third-order valence-corrected chi connectivity index (χ3v) is 5.73. The quantitative estimate of drug-likeness (QED) is 0.436. The fourth-order valence-corrected chi connectivity index (χ4v) is 4.20. The highest BCUT2D eigenvalue weighted by atomic mass is 16.5. The topological polar surface area (TPSA) is 85.3 Å². The van der Waals surface area contributed by atoms with Gasteiger partial charge in [-0.25, -0.2) is 0 Å². The summed E-state index contributed by atoms with van der Waals surface area (Å²) >= 11 is 0. The summed E-state index contributed by atoms with van der Waals surface area (Å²) in [7, 11) is 3.06. The molecule has 31 heavy (non-hydrogen) atoms. The molecule has 2 aliphatic heterocycles. The molecule has 0 aromatic heterocycles. The van der Waals surface area contributed by atoms with Crippen LogP contribution in [0, 0.1) is 0 Å². The molecule has 2 fully saturated rings. The summed E-state index contributed by atoms with van der Waals surface area (Å²) in [6.45, 7) is 0.911. The fraction of sp³-hybridized carbons (Fsp3) is 0.333. The van der Waals surface area contributed by atoms with Gasteiger partial charge in [0.15, 0.2) is 11.5 Å². The number of hydrogen-bond donors (Lipinski definition) is 1. The van der Waals surface area contributed by atoms with Crippen molar-refractivity contribution in [1.82, 2.24) is 4.90 Å². The van der Waals surface area contributed by atoms with Crippen molar-refractivity contribution >= 4 is 17.4 Å². The summed E-state index contributed by atoms with van der Waals surface area (Å²) in [5.41, 5.74) is 1.18. The van der Waals surface area contributed by atoms with E-state index in [2.05, 4.69) is 0 Å². The van der Waals surface area contributed by atoms with Crippen LogP contribution >= 0.6 is 0 Å². The number of benzene rings is 2. The number of methoxy groups -OCH3 is 2. The SMILES string of the molecule is COc1ccc([C@@H]2/C(=C(\O)c3ccccc3)C(=O)C(=O)N2C[C@@H]2CCCO2)cc1OC. The number of aliphatic hydroxyl groups excluding tert-OH is 1. The molecule has 2 aliphatic rings. The van der Waals surface area contributed by atoms with Crippen LogP contribution in [0.2, 0.25) is 0 Å². The van der Waals surface area contributed by atoms with Gasteiger partial charge in [0.25, 0.3) is 11.7 Å². The minimum absolute atomic E-state index is 0.0569. The van der Waals surface area contributed by atoms with Gasteiger partial charge in [-0.15, -0.1) is 0 Å². The maximum Gasteiger partial charge on any atom is 0.295 e. The van der Waals surface area contributed by atoms with Crippen molar-refractivity contribution in [3.63, 3.8) is 0 Å². The van der Waals surface area contributed by atoms with Gasteiger partial charge in [-0.3, -0.25) is 9.59 Å². The highest BCUT2D eigenvalue weighted by Crippen LogP contribution is 2.42. The van der Waals surface area contributed by atoms with Crippen LogP contribution in [-0.2, 0) is 14.3 Å². The third-order valence-electron chi connectivity index (χ3n) is 5.73. The van der Waals surface area contributed by atoms with Gasteiger partial charge >= 0.3 is 0 Å². The molecule has 0 unspecified atom stereocenters. The van der Waals surface area contributed by atoms with Gasteiger partial charge in [-0.2, -0.15) is 0 Å². The lowest BCUT2D eigenvalue weighted by Gasteiger charge is -2.28. The smallest absolute Gasteiger partial charge is 0.295 e. The minimum atomic E-state index is -0.760. The zero-order valence-corrected chi connectivity index (χ0v) is 17.5. The Balaban J connectivity index is 1.85. The first-order chi connectivity index (χ1) is 15.0. The zero-order chi connectivity index (χ0) is 22.0. The van der Waals surface area contributed by atoms with Crippen LogP contribution in [0.5, 0.6) is 11.5 Å². The Morgan fingerprint density at radius 2 is 1.84 bits per heavy atom. The molecular formula is C24H25NO6. The predicted octanol–water partition coefficient (Wildman–Crippen LogP) is 3.30. The third kappa shape index (κ3) is 3.88. The first kappa shape index (κ1) is 20.9. The lowest BCUT2D eigenvalue weighted by Crippen LogP contribution is -2.36. The van der Waals surface area contributed by atoms with Crippen molar-refractivity contribution in [2.45, 2.75) is 25.0 Å². The largest absolute Gasteiger partial charge is 0.507 e. The van der Waals surface area contributed by atoms with Crippen molar-refractivity contribution in [2.75, 3.05) is 27.4 Å². The summed E-state index contributed by atoms with van der Waals surface area (Å²) in [6.07, 6.45) is 1.59. The van der Waals surface area contributed by atoms with Gasteiger partial charge in [0.05, 0.1) is 31.9 Å². The molecule has 2 saturated heterocycles. The highest BCUT2D eigenvalue weighted by Gasteiger charge is 2.47. The Bertz CT molecular complexity index is 1010. The number of ether oxygens (including phenoxy) is 3. The summed E-state index contributed by atoms with van der Waals surface area (Å²) in [5, 5.41) is 11.0. The first-order valence-electron chi connectivity index (χ1n) is 10.2. The number of nitrogens with zero attached hydrogens (tertiary/aromatic N) is 1. The lowest BCUT2D eigenvalue weighted by atomic mass is 9.95. The van der Waals surface area contributed by atoms with E-state index in [-0.39, 0.29) is 24.0 Å². The molecule has 0 saturated carbocycles. The molecule has 0 radical (unpaired) electrons. The summed E-state index contributed by atoms with van der Waals surface area (Å²) in [4.78, 5) is 27.6. The Morgan fingerprint density at radius 3 is 2.48 bits per heavy atom. The van der Waals surface area contributed by atoms with Crippen LogP contribution in [-0.4, -0.2) is 55.2 Å². The van der Waals surface area contributed by atoms with Gasteiger partial charge in [-0.1, -0.05) is 36.4 Å². The van der Waals surface area contributed by atoms with Gasteiger partial charge < -0.3 is 24.2 Å². The van der Waals surface area contributed by atoms with Crippen molar-refractivity contribution in [2.24, 2.45) is 0 Å². The molecule has 4 rings (SSSR count). The Labute approximate surface area is 180 Å². The molecule has 162 valence electrons. The number of rotatable bonds is 6. The maximum atomic E-state index is 13.1. The molecule has 0 spiro atoms. The lowest BCUT2D eigenvalue weighted by molar-refractivity contribution is -0.140. The van der Waals surface area contributed by atoms with Crippen LogP contribution in [0.15, 0.2) is 54.1 Å². The van der Waals surface area contributed by atoms with Crippen molar-refractivity contribution in [3.05, 3.63) is 65.2 Å². The summed E-state index contributed by atoms with van der Waals surface area (Å²) in [6, 6.07) is 13.2. The van der Waals surface area contributed by atoms with Gasteiger partial charge in [0, 0.05) is 18.7 Å². The van der Waals surface area contributed by atoms with Crippen LogP contribution in [0.4, 0.5) is 0 Å². The van der Waals surface area contributed by atoms with Crippen molar-refractivity contribution in [3.8, 4) is 11.5 Å². The molecule has 7 nitrogen and oxygen atoms in total. The fourth-order valence-electron chi connectivity index (χ4n) is 4.20. The number of carbonyl (C=O) groups excluding carboxylic acids is 2. The van der Waals surface area contributed by atoms with E-state index in [0.29, 0.717) is 29.2 Å². The number of Topliss-reactive ketones (excluding diaryl/α,β-unsaturated/α-hetero) is 1. The monoisotopic (exact) mass is 423 g/mol. The standard InChI is InChI=1S/C24H25NO6/c1-29-18-11-10-16(13-19(18)30-2)21-20(22(26)15-7-4-3-5-8-15)23(27)24(28)25(21)14-17-9-6-12-31-17/h3-5,7-8,10-11,13,17,21,26H,6,9,12,14H2,1-2H3/b22-20+/t17-,21+/m0/s1. The number of aliphatic hydroxyl groups is 1. The molecule has 1 N–H and O–H groups in total. The summed E-state index contributed by atoms with van der Waals surface area (Å²) in [5.74, 6) is -0.548.